The third kappa shape index (κ3) is 4.24. The van der Waals surface area contributed by atoms with Gasteiger partial charge in [0.25, 0.3) is 21.8 Å². The van der Waals surface area contributed by atoms with Crippen LogP contribution in [0.2, 0.25) is 0 Å². The van der Waals surface area contributed by atoms with E-state index in [1.807, 2.05) is 10.8 Å². The van der Waals surface area contributed by atoms with E-state index in [1.165, 1.54) is 37.3 Å². The van der Waals surface area contributed by atoms with Crippen molar-refractivity contribution in [2.45, 2.75) is 25.7 Å². The molecule has 10 heteroatoms. The number of hydrogen-bond acceptors (Lipinski definition) is 7. The molecule has 0 fully saturated rings. The number of likely N-dealkylation sites (N-methyl/N-ethyl adjacent to an activating group) is 1. The van der Waals surface area contributed by atoms with Gasteiger partial charge in [-0.15, -0.1) is 0 Å². The van der Waals surface area contributed by atoms with Gasteiger partial charge in [-0.05, 0) is 61.9 Å². The predicted molar refractivity (Wildman–Crippen MR) is 114 cm³/mol. The van der Waals surface area contributed by atoms with Crippen molar-refractivity contribution in [3.63, 3.8) is 0 Å². The maximum Gasteiger partial charge on any atom is 0.271 e. The van der Waals surface area contributed by atoms with E-state index in [9.17, 15) is 28.1 Å². The van der Waals surface area contributed by atoms with E-state index in [0.717, 1.165) is 11.8 Å². The van der Waals surface area contributed by atoms with Gasteiger partial charge in [0.2, 0.25) is 5.91 Å². The first-order valence-electron chi connectivity index (χ1n) is 9.52. The van der Waals surface area contributed by atoms with Crippen molar-refractivity contribution in [3.8, 4) is 17.4 Å². The molecular weight excluding hydrogens is 434 g/mol. The minimum atomic E-state index is -3.95. The van der Waals surface area contributed by atoms with Crippen LogP contribution in [0.5, 0.6) is 0 Å². The van der Waals surface area contributed by atoms with Crippen molar-refractivity contribution in [3.05, 3.63) is 58.9 Å². The molecule has 0 aliphatic carbocycles. The van der Waals surface area contributed by atoms with Crippen molar-refractivity contribution in [1.82, 2.24) is 9.62 Å². The van der Waals surface area contributed by atoms with Gasteiger partial charge < -0.3 is 4.42 Å². The molecule has 2 aromatic rings. The summed E-state index contributed by atoms with van der Waals surface area (Å²) < 4.78 is 31.8. The van der Waals surface area contributed by atoms with Crippen LogP contribution in [0.3, 0.4) is 0 Å². The highest BCUT2D eigenvalue weighted by molar-refractivity contribution is 7.90. The Hall–Kier alpha value is -3.97. The van der Waals surface area contributed by atoms with E-state index in [1.54, 1.807) is 19.1 Å². The Morgan fingerprint density at radius 1 is 1.16 bits per heavy atom. The summed E-state index contributed by atoms with van der Waals surface area (Å²) in [5.74, 6) is -1.10. The van der Waals surface area contributed by atoms with Gasteiger partial charge in [0.15, 0.2) is 0 Å². The number of hydrogen-bond donors (Lipinski definition) is 1. The zero-order valence-corrected chi connectivity index (χ0v) is 18.3. The Morgan fingerprint density at radius 2 is 1.81 bits per heavy atom. The number of furan rings is 1. The van der Waals surface area contributed by atoms with Crippen LogP contribution >= 0.6 is 0 Å². The molecule has 0 radical (unpaired) electrons. The highest BCUT2D eigenvalue weighted by Gasteiger charge is 2.34. The number of rotatable bonds is 5. The Balaban J connectivity index is 1.94. The first-order chi connectivity index (χ1) is 15.1. The van der Waals surface area contributed by atoms with E-state index < -0.39 is 27.7 Å². The molecule has 0 saturated carbocycles. The van der Waals surface area contributed by atoms with Gasteiger partial charge in [-0.2, -0.15) is 5.26 Å². The van der Waals surface area contributed by atoms with Crippen molar-refractivity contribution in [1.29, 1.82) is 5.26 Å². The second-order valence-electron chi connectivity index (χ2n) is 6.91. The van der Waals surface area contributed by atoms with Gasteiger partial charge in [0, 0.05) is 24.6 Å². The largest absolute Gasteiger partial charge is 0.457 e. The van der Waals surface area contributed by atoms with Crippen molar-refractivity contribution < 1.29 is 27.2 Å². The first kappa shape index (κ1) is 22.7. The highest BCUT2D eigenvalue weighted by Crippen LogP contribution is 2.29. The average Bonchev–Trinajstić information content (AvgIpc) is 3.20. The summed E-state index contributed by atoms with van der Waals surface area (Å²) in [6, 6.07) is 10.8. The van der Waals surface area contributed by atoms with Gasteiger partial charge in [0.05, 0.1) is 4.90 Å². The Bertz CT molecular complexity index is 1320. The van der Waals surface area contributed by atoms with Crippen LogP contribution in [0.15, 0.2) is 62.4 Å². The molecule has 164 valence electrons. The second kappa shape index (κ2) is 8.64. The summed E-state index contributed by atoms with van der Waals surface area (Å²) in [6.07, 6.45) is 1.46. The van der Waals surface area contributed by atoms with Gasteiger partial charge >= 0.3 is 0 Å². The minimum Gasteiger partial charge on any atom is -0.457 e. The molecule has 1 aliphatic heterocycles. The van der Waals surface area contributed by atoms with E-state index in [-0.39, 0.29) is 28.2 Å². The number of benzene rings is 1. The fourth-order valence-corrected chi connectivity index (χ4v) is 4.18. The van der Waals surface area contributed by atoms with Crippen molar-refractivity contribution in [2.75, 3.05) is 6.54 Å². The Labute approximate surface area is 184 Å². The molecule has 0 bridgehead atoms. The predicted octanol–water partition coefficient (Wildman–Crippen LogP) is 2.38. The summed E-state index contributed by atoms with van der Waals surface area (Å²) in [5, 5.41) is 9.31. The van der Waals surface area contributed by atoms with Gasteiger partial charge in [-0.25, -0.2) is 13.1 Å². The monoisotopic (exact) mass is 453 g/mol. The molecule has 32 heavy (non-hydrogen) atoms. The summed E-state index contributed by atoms with van der Waals surface area (Å²) in [4.78, 5) is 36.9. The van der Waals surface area contributed by atoms with E-state index in [0.29, 0.717) is 17.1 Å². The molecule has 2 heterocycles. The quantitative estimate of drug-likeness (QED) is 0.542. The molecule has 0 unspecified atom stereocenters. The van der Waals surface area contributed by atoms with E-state index in [4.69, 9.17) is 4.42 Å². The zero-order chi connectivity index (χ0) is 23.6. The molecule has 1 aliphatic rings. The maximum atomic E-state index is 12.7. The van der Waals surface area contributed by atoms with Crippen LogP contribution in [0.25, 0.3) is 17.4 Å². The molecule has 0 atom stereocenters. The standard InChI is InChI=1S/C22H19N3O6S/c1-4-25-21(27)18(13(2)19(12-23)22(25)28)11-16-7-10-20(31-16)15-5-8-17(9-6-15)32(29,30)24-14(3)26/h5-11H,4H2,1-3H3,(H,24,26)/b18-11+. The van der Waals surface area contributed by atoms with Crippen LogP contribution in [-0.4, -0.2) is 37.6 Å². The fourth-order valence-electron chi connectivity index (χ4n) is 3.19. The normalized spacial score (nSPS) is 15.8. The smallest absolute Gasteiger partial charge is 0.271 e. The first-order valence-corrected chi connectivity index (χ1v) is 11.0. The zero-order valence-electron chi connectivity index (χ0n) is 17.5. The summed E-state index contributed by atoms with van der Waals surface area (Å²) in [7, 11) is -3.95. The molecule has 1 aromatic heterocycles. The molecule has 9 nitrogen and oxygen atoms in total. The Kier molecular flexibility index (Phi) is 6.13. The number of amides is 3. The molecule has 3 amide bonds. The van der Waals surface area contributed by atoms with Gasteiger partial charge in [-0.3, -0.25) is 19.3 Å². The lowest BCUT2D eigenvalue weighted by Gasteiger charge is -2.25. The number of nitriles is 1. The van der Waals surface area contributed by atoms with Crippen molar-refractivity contribution in [2.24, 2.45) is 0 Å². The molecule has 0 saturated heterocycles. The van der Waals surface area contributed by atoms with Crippen LogP contribution in [0.4, 0.5) is 0 Å². The Morgan fingerprint density at radius 3 is 2.38 bits per heavy atom. The number of carbonyl (C=O) groups is 3. The number of nitrogens with one attached hydrogen (secondary N) is 1. The maximum absolute atomic E-state index is 12.7. The van der Waals surface area contributed by atoms with Gasteiger partial charge in [-0.1, -0.05) is 0 Å². The number of sulfonamides is 1. The second-order valence-corrected chi connectivity index (χ2v) is 8.59. The third-order valence-corrected chi connectivity index (χ3v) is 6.23. The van der Waals surface area contributed by atoms with E-state index >= 15 is 0 Å². The SMILES string of the molecule is CCN1C(=O)C(C#N)=C(C)/C(=C\c2ccc(-c3ccc(S(=O)(=O)NC(C)=O)cc3)o2)C1=O. The van der Waals surface area contributed by atoms with Crippen LogP contribution in [0.1, 0.15) is 26.5 Å². The highest BCUT2D eigenvalue weighted by atomic mass is 32.2. The number of carbonyl (C=O) groups excluding carboxylic acids is 3. The third-order valence-electron chi connectivity index (χ3n) is 4.78. The summed E-state index contributed by atoms with van der Waals surface area (Å²) in [5.41, 5.74) is 0.931. The van der Waals surface area contributed by atoms with Crippen molar-refractivity contribution >= 4 is 33.8 Å². The minimum absolute atomic E-state index is 0.0766. The molecule has 0 spiro atoms. The molecular formula is C22H19N3O6S. The molecule has 1 N–H and O–H groups in total. The molecule has 3 rings (SSSR count). The van der Waals surface area contributed by atoms with Crippen LogP contribution < -0.4 is 4.72 Å². The number of imide groups is 1. The lowest BCUT2D eigenvalue weighted by molar-refractivity contribution is -0.140. The number of nitrogens with zero attached hydrogens (tertiary/aromatic N) is 2. The lowest BCUT2D eigenvalue weighted by atomic mass is 9.95. The van der Waals surface area contributed by atoms with Crippen LogP contribution in [-0.2, 0) is 24.4 Å². The van der Waals surface area contributed by atoms with Crippen LogP contribution in [0, 0.1) is 11.3 Å². The topological polar surface area (TPSA) is 138 Å². The summed E-state index contributed by atoms with van der Waals surface area (Å²) in [6.45, 7) is 4.41. The lowest BCUT2D eigenvalue weighted by Crippen LogP contribution is -2.42. The molecule has 1 aromatic carbocycles. The van der Waals surface area contributed by atoms with E-state index in [2.05, 4.69) is 0 Å². The fraction of sp³-hybridized carbons (Fsp3) is 0.182. The summed E-state index contributed by atoms with van der Waals surface area (Å²) >= 11 is 0. The van der Waals surface area contributed by atoms with Gasteiger partial charge in [0.1, 0.15) is 23.2 Å². The average molecular weight is 453 g/mol.